The van der Waals surface area contributed by atoms with Crippen molar-refractivity contribution in [2.45, 2.75) is 27.2 Å². The fraction of sp³-hybridized carbons (Fsp3) is 0.462. The zero-order valence-electron chi connectivity index (χ0n) is 10.1. The summed E-state index contributed by atoms with van der Waals surface area (Å²) in [5.41, 5.74) is 0.523. The Hall–Kier alpha value is -1.02. The molecule has 1 rings (SSSR count). The van der Waals surface area contributed by atoms with Crippen molar-refractivity contribution in [3.63, 3.8) is 0 Å². The minimum atomic E-state index is -0.0373. The molecule has 0 amide bonds. The Kier molecular flexibility index (Phi) is 3.98. The zero-order chi connectivity index (χ0) is 12.3. The Bertz CT molecular complexity index is 391. The van der Waals surface area contributed by atoms with E-state index < -0.39 is 0 Å². The number of hydrogen-bond donors (Lipinski definition) is 0. The number of rotatable bonds is 3. The molecule has 1 aromatic rings. The molecule has 0 aliphatic carbocycles. The molecule has 0 aliphatic rings. The highest BCUT2D eigenvalue weighted by molar-refractivity contribution is 6.31. The van der Waals surface area contributed by atoms with Gasteiger partial charge in [0.05, 0.1) is 12.7 Å². The third-order valence-corrected chi connectivity index (χ3v) is 2.39. The minimum Gasteiger partial charge on any atom is -0.496 e. The van der Waals surface area contributed by atoms with Gasteiger partial charge in [0.25, 0.3) is 0 Å². The summed E-state index contributed by atoms with van der Waals surface area (Å²) in [7, 11) is 1.55. The molecule has 0 N–H and O–H groups in total. The number of halogens is 1. The van der Waals surface area contributed by atoms with E-state index in [9.17, 15) is 4.79 Å². The lowest BCUT2D eigenvalue weighted by molar-refractivity contribution is 0.0937. The molecular weight excluding hydrogens is 224 g/mol. The summed E-state index contributed by atoms with van der Waals surface area (Å²) in [6.07, 6.45) is 0.476. The Morgan fingerprint density at radius 2 is 2.00 bits per heavy atom. The van der Waals surface area contributed by atoms with E-state index in [1.54, 1.807) is 25.3 Å². The molecule has 0 aromatic heterocycles. The van der Waals surface area contributed by atoms with Crippen LogP contribution in [0.1, 0.15) is 37.6 Å². The van der Waals surface area contributed by atoms with Gasteiger partial charge >= 0.3 is 0 Å². The van der Waals surface area contributed by atoms with Crippen LogP contribution in [0.4, 0.5) is 0 Å². The van der Waals surface area contributed by atoms with E-state index in [4.69, 9.17) is 16.3 Å². The summed E-state index contributed by atoms with van der Waals surface area (Å²) in [6, 6.07) is 5.10. The number of hydrogen-bond acceptors (Lipinski definition) is 2. The summed E-state index contributed by atoms with van der Waals surface area (Å²) in [5.74, 6) is 0.644. The summed E-state index contributed by atoms with van der Waals surface area (Å²) in [4.78, 5) is 12.1. The molecule has 0 saturated heterocycles. The van der Waals surface area contributed by atoms with Crippen molar-refractivity contribution in [2.24, 2.45) is 5.41 Å². The Balaban J connectivity index is 3.02. The smallest absolute Gasteiger partial charge is 0.167 e. The van der Waals surface area contributed by atoms with E-state index in [2.05, 4.69) is 0 Å². The van der Waals surface area contributed by atoms with Gasteiger partial charge in [-0.1, -0.05) is 32.4 Å². The Labute approximate surface area is 102 Å². The first kappa shape index (κ1) is 13.0. The molecule has 2 nitrogen and oxygen atoms in total. The second kappa shape index (κ2) is 4.88. The van der Waals surface area contributed by atoms with Crippen LogP contribution in [-0.4, -0.2) is 12.9 Å². The lowest BCUT2D eigenvalue weighted by atomic mass is 9.87. The van der Waals surface area contributed by atoms with Crippen LogP contribution in [0.3, 0.4) is 0 Å². The highest BCUT2D eigenvalue weighted by Gasteiger charge is 2.20. The van der Waals surface area contributed by atoms with E-state index in [-0.39, 0.29) is 11.2 Å². The van der Waals surface area contributed by atoms with Crippen molar-refractivity contribution >= 4 is 17.4 Å². The number of carbonyl (C=O) groups is 1. The Morgan fingerprint density at radius 3 is 2.50 bits per heavy atom. The van der Waals surface area contributed by atoms with Gasteiger partial charge in [-0.3, -0.25) is 4.79 Å². The van der Waals surface area contributed by atoms with Crippen LogP contribution in [0, 0.1) is 5.41 Å². The molecule has 88 valence electrons. The average molecular weight is 241 g/mol. The maximum Gasteiger partial charge on any atom is 0.167 e. The van der Waals surface area contributed by atoms with Gasteiger partial charge in [0.15, 0.2) is 5.78 Å². The molecule has 0 saturated carbocycles. The zero-order valence-corrected chi connectivity index (χ0v) is 10.9. The molecule has 3 heteroatoms. The molecule has 0 bridgehead atoms. The molecule has 0 fully saturated rings. The summed E-state index contributed by atoms with van der Waals surface area (Å²) in [6.45, 7) is 6.09. The fourth-order valence-electron chi connectivity index (χ4n) is 1.48. The first-order valence-electron chi connectivity index (χ1n) is 5.20. The largest absolute Gasteiger partial charge is 0.496 e. The first-order chi connectivity index (χ1) is 7.33. The molecule has 0 atom stereocenters. The van der Waals surface area contributed by atoms with Gasteiger partial charge in [-0.2, -0.15) is 0 Å². The van der Waals surface area contributed by atoms with E-state index in [0.717, 1.165) is 0 Å². The molecule has 0 heterocycles. The topological polar surface area (TPSA) is 26.3 Å². The number of ether oxygens (including phenoxy) is 1. The molecule has 1 aromatic carbocycles. The minimum absolute atomic E-state index is 0.0373. The van der Waals surface area contributed by atoms with Gasteiger partial charge in [0.2, 0.25) is 0 Å². The van der Waals surface area contributed by atoms with E-state index >= 15 is 0 Å². The van der Waals surface area contributed by atoms with Gasteiger partial charge in [0, 0.05) is 11.4 Å². The predicted octanol–water partition coefficient (Wildman–Crippen LogP) is 3.97. The van der Waals surface area contributed by atoms with E-state index in [0.29, 0.717) is 22.8 Å². The number of benzene rings is 1. The molecule has 0 radical (unpaired) electrons. The quantitative estimate of drug-likeness (QED) is 0.748. The number of carbonyl (C=O) groups excluding carboxylic acids is 1. The van der Waals surface area contributed by atoms with Crippen molar-refractivity contribution in [1.82, 2.24) is 0 Å². The van der Waals surface area contributed by atoms with Crippen LogP contribution in [-0.2, 0) is 0 Å². The lowest BCUT2D eigenvalue weighted by Crippen LogP contribution is -2.13. The van der Waals surface area contributed by atoms with Crippen LogP contribution in [0.15, 0.2) is 18.2 Å². The summed E-state index contributed by atoms with van der Waals surface area (Å²) >= 11 is 5.88. The van der Waals surface area contributed by atoms with Crippen LogP contribution in [0.2, 0.25) is 5.02 Å². The van der Waals surface area contributed by atoms with Gasteiger partial charge in [-0.05, 0) is 23.6 Å². The van der Waals surface area contributed by atoms with Crippen molar-refractivity contribution in [2.75, 3.05) is 7.11 Å². The van der Waals surface area contributed by atoms with Gasteiger partial charge in [-0.15, -0.1) is 0 Å². The van der Waals surface area contributed by atoms with Gasteiger partial charge in [-0.25, -0.2) is 0 Å². The summed E-state index contributed by atoms with van der Waals surface area (Å²) < 4.78 is 5.16. The number of Topliss-reactive ketones (excluding diaryl/α,β-unsaturated/α-hetero) is 1. The SMILES string of the molecule is COc1ccc(Cl)cc1C(=O)CC(C)(C)C. The Morgan fingerprint density at radius 1 is 1.38 bits per heavy atom. The third-order valence-electron chi connectivity index (χ3n) is 2.15. The number of methoxy groups -OCH3 is 1. The lowest BCUT2D eigenvalue weighted by Gasteiger charge is -2.17. The van der Waals surface area contributed by atoms with Crippen LogP contribution in [0.5, 0.6) is 5.75 Å². The monoisotopic (exact) mass is 240 g/mol. The maximum atomic E-state index is 12.1. The molecule has 0 unspecified atom stereocenters. The highest BCUT2D eigenvalue weighted by Crippen LogP contribution is 2.28. The third kappa shape index (κ3) is 3.53. The number of ketones is 1. The van der Waals surface area contributed by atoms with Crippen molar-refractivity contribution in [3.05, 3.63) is 28.8 Å². The fourth-order valence-corrected chi connectivity index (χ4v) is 1.65. The average Bonchev–Trinajstić information content (AvgIpc) is 2.15. The van der Waals surface area contributed by atoms with Crippen molar-refractivity contribution in [1.29, 1.82) is 0 Å². The van der Waals surface area contributed by atoms with Gasteiger partial charge < -0.3 is 4.74 Å². The molecular formula is C13H17ClO2. The van der Waals surface area contributed by atoms with E-state index in [1.165, 1.54) is 0 Å². The van der Waals surface area contributed by atoms with Crippen LogP contribution >= 0.6 is 11.6 Å². The normalized spacial score (nSPS) is 11.3. The first-order valence-corrected chi connectivity index (χ1v) is 5.58. The van der Waals surface area contributed by atoms with Crippen LogP contribution in [0.25, 0.3) is 0 Å². The van der Waals surface area contributed by atoms with Crippen LogP contribution < -0.4 is 4.74 Å². The second-order valence-corrected chi connectivity index (χ2v) is 5.44. The molecule has 0 aliphatic heterocycles. The standard InChI is InChI=1S/C13H17ClO2/c1-13(2,3)8-11(15)10-7-9(14)5-6-12(10)16-4/h5-7H,8H2,1-4H3. The van der Waals surface area contributed by atoms with Gasteiger partial charge in [0.1, 0.15) is 5.75 Å². The molecule has 16 heavy (non-hydrogen) atoms. The van der Waals surface area contributed by atoms with Crippen molar-refractivity contribution in [3.8, 4) is 5.75 Å². The predicted molar refractivity (Wildman–Crippen MR) is 66.4 cm³/mol. The van der Waals surface area contributed by atoms with E-state index in [1.807, 2.05) is 20.8 Å². The highest BCUT2D eigenvalue weighted by atomic mass is 35.5. The summed E-state index contributed by atoms with van der Waals surface area (Å²) in [5, 5.41) is 0.554. The second-order valence-electron chi connectivity index (χ2n) is 5.01. The molecule has 0 spiro atoms. The van der Waals surface area contributed by atoms with Crippen molar-refractivity contribution < 1.29 is 9.53 Å². The maximum absolute atomic E-state index is 12.1.